The first-order valence-corrected chi connectivity index (χ1v) is 5.42. The van der Waals surface area contributed by atoms with Crippen molar-refractivity contribution < 1.29 is 32.7 Å². The van der Waals surface area contributed by atoms with Gasteiger partial charge in [0.1, 0.15) is 0 Å². The van der Waals surface area contributed by atoms with Crippen molar-refractivity contribution in [2.45, 2.75) is 13.8 Å². The fraction of sp³-hybridized carbons (Fsp3) is 0.200. The quantitative estimate of drug-likeness (QED) is 0.699. The number of rotatable bonds is 1. The van der Waals surface area contributed by atoms with Crippen molar-refractivity contribution in [2.24, 2.45) is 0 Å². The van der Waals surface area contributed by atoms with Crippen LogP contribution in [0.1, 0.15) is 10.4 Å². The van der Waals surface area contributed by atoms with Crippen LogP contribution in [0.15, 0.2) is 11.4 Å². The third-order valence-corrected chi connectivity index (χ3v) is 3.65. The second kappa shape index (κ2) is 4.83. The Bertz CT molecular complexity index is 374. The summed E-state index contributed by atoms with van der Waals surface area (Å²) in [7, 11) is 0. The standard InChI is InChI=1S/C10H8S2.Y/c1-7-8(2)12-6-9(7)10-4-3-5-11-10;/h3,5H,1-2H3;/q-2;. The number of thiophene rings is 2. The first-order valence-electron chi connectivity index (χ1n) is 3.72. The first-order chi connectivity index (χ1) is 5.79. The van der Waals surface area contributed by atoms with Crippen molar-refractivity contribution in [1.82, 2.24) is 0 Å². The van der Waals surface area contributed by atoms with E-state index in [1.54, 1.807) is 22.7 Å². The summed E-state index contributed by atoms with van der Waals surface area (Å²) in [5, 5.41) is 5.35. The van der Waals surface area contributed by atoms with Gasteiger partial charge in [0.05, 0.1) is 0 Å². The Kier molecular flexibility index (Phi) is 4.30. The molecule has 65 valence electrons. The van der Waals surface area contributed by atoms with E-state index in [9.17, 15) is 0 Å². The van der Waals surface area contributed by atoms with Gasteiger partial charge < -0.3 is 0 Å². The summed E-state index contributed by atoms with van der Waals surface area (Å²) in [6, 6.07) is 5.16. The summed E-state index contributed by atoms with van der Waals surface area (Å²) in [4.78, 5) is 2.56. The molecule has 0 nitrogen and oxygen atoms in total. The van der Waals surface area contributed by atoms with Gasteiger partial charge in [0, 0.05) is 32.7 Å². The molecule has 0 amide bonds. The first kappa shape index (κ1) is 11.6. The Balaban J connectivity index is 0.000000845. The molecular formula is C10H8S2Y-2. The van der Waals surface area contributed by atoms with Crippen molar-refractivity contribution in [3.05, 3.63) is 33.3 Å². The molecule has 2 aromatic heterocycles. The van der Waals surface area contributed by atoms with Gasteiger partial charge in [-0.3, -0.25) is 22.7 Å². The third-order valence-electron chi connectivity index (χ3n) is 1.90. The summed E-state index contributed by atoms with van der Waals surface area (Å²) in [5.74, 6) is 0. The van der Waals surface area contributed by atoms with Crippen LogP contribution in [0.4, 0.5) is 0 Å². The minimum atomic E-state index is 0. The maximum Gasteiger partial charge on any atom is 0 e. The Morgan fingerprint density at radius 2 is 2.08 bits per heavy atom. The molecule has 0 aliphatic rings. The predicted octanol–water partition coefficient (Wildman–Crippen LogP) is 3.69. The molecule has 0 bridgehead atoms. The van der Waals surface area contributed by atoms with E-state index in [1.807, 2.05) is 6.07 Å². The van der Waals surface area contributed by atoms with Gasteiger partial charge >= 0.3 is 0 Å². The van der Waals surface area contributed by atoms with Crippen molar-refractivity contribution in [3.8, 4) is 10.4 Å². The van der Waals surface area contributed by atoms with Crippen LogP contribution in [0.5, 0.6) is 0 Å². The molecule has 0 spiro atoms. The zero-order valence-corrected chi connectivity index (χ0v) is 12.0. The van der Waals surface area contributed by atoms with Crippen LogP contribution < -0.4 is 0 Å². The molecule has 0 atom stereocenters. The zero-order valence-electron chi connectivity index (χ0n) is 7.55. The Morgan fingerprint density at radius 3 is 2.54 bits per heavy atom. The van der Waals surface area contributed by atoms with Crippen LogP contribution in [0.3, 0.4) is 0 Å². The van der Waals surface area contributed by atoms with E-state index in [0.717, 1.165) is 0 Å². The minimum Gasteiger partial charge on any atom is -0.290 e. The molecule has 2 rings (SSSR count). The normalized spacial score (nSPS) is 9.69. The molecule has 2 aromatic rings. The molecule has 0 fully saturated rings. The molecule has 0 N–H and O–H groups in total. The molecule has 0 aliphatic heterocycles. The summed E-state index contributed by atoms with van der Waals surface area (Å²) < 4.78 is 0. The van der Waals surface area contributed by atoms with Gasteiger partial charge in [-0.1, -0.05) is 13.8 Å². The van der Waals surface area contributed by atoms with Crippen molar-refractivity contribution in [1.29, 1.82) is 0 Å². The second-order valence-corrected chi connectivity index (χ2v) is 4.59. The molecule has 0 aromatic carbocycles. The second-order valence-electron chi connectivity index (χ2n) is 2.65. The number of hydrogen-bond acceptors (Lipinski definition) is 2. The largest absolute Gasteiger partial charge is 0.290 e. The minimum absolute atomic E-state index is 0. The average molecular weight is 281 g/mol. The molecule has 3 heteroatoms. The Morgan fingerprint density at radius 1 is 1.31 bits per heavy atom. The summed E-state index contributed by atoms with van der Waals surface area (Å²) in [6.45, 7) is 4.28. The van der Waals surface area contributed by atoms with E-state index in [4.69, 9.17) is 0 Å². The average Bonchev–Trinajstić information content (AvgIpc) is 2.64. The maximum absolute atomic E-state index is 3.30. The van der Waals surface area contributed by atoms with E-state index < -0.39 is 0 Å². The summed E-state index contributed by atoms with van der Waals surface area (Å²) in [5.41, 5.74) is 2.58. The van der Waals surface area contributed by atoms with Gasteiger partial charge in [0.15, 0.2) is 0 Å². The smallest absolute Gasteiger partial charge is 0 e. The van der Waals surface area contributed by atoms with E-state index >= 15 is 0 Å². The SMILES string of the molecule is Cc1s[c-]c(-c2[c-]ccs2)c1C.[Y]. The third kappa shape index (κ3) is 2.30. The van der Waals surface area contributed by atoms with Gasteiger partial charge in [0.2, 0.25) is 0 Å². The van der Waals surface area contributed by atoms with E-state index in [0.29, 0.717) is 0 Å². The van der Waals surface area contributed by atoms with Gasteiger partial charge in [-0.2, -0.15) is 10.9 Å². The molecule has 2 heterocycles. The summed E-state index contributed by atoms with van der Waals surface area (Å²) in [6.07, 6.45) is 0. The number of hydrogen-bond donors (Lipinski definition) is 0. The van der Waals surface area contributed by atoms with E-state index in [1.165, 1.54) is 20.9 Å². The Labute approximate surface area is 112 Å². The van der Waals surface area contributed by atoms with E-state index in [-0.39, 0.29) is 32.7 Å². The van der Waals surface area contributed by atoms with Gasteiger partial charge in [-0.05, 0) is 0 Å². The van der Waals surface area contributed by atoms with Crippen LogP contribution in [0.25, 0.3) is 10.4 Å². The molecule has 0 saturated carbocycles. The van der Waals surface area contributed by atoms with Gasteiger partial charge in [0.25, 0.3) is 0 Å². The van der Waals surface area contributed by atoms with Crippen molar-refractivity contribution in [3.63, 3.8) is 0 Å². The van der Waals surface area contributed by atoms with E-state index in [2.05, 4.69) is 30.7 Å². The zero-order chi connectivity index (χ0) is 8.55. The van der Waals surface area contributed by atoms with Crippen LogP contribution in [0, 0.1) is 25.3 Å². The predicted molar refractivity (Wildman–Crippen MR) is 54.8 cm³/mol. The molecule has 13 heavy (non-hydrogen) atoms. The van der Waals surface area contributed by atoms with Crippen LogP contribution in [-0.4, -0.2) is 0 Å². The van der Waals surface area contributed by atoms with Crippen LogP contribution in [-0.2, 0) is 32.7 Å². The summed E-state index contributed by atoms with van der Waals surface area (Å²) >= 11 is 3.41. The molecule has 0 saturated heterocycles. The molecule has 0 aliphatic carbocycles. The fourth-order valence-electron chi connectivity index (χ4n) is 1.05. The Hall–Kier alpha value is 0.504. The number of aryl methyl sites for hydroxylation is 1. The monoisotopic (exact) mass is 281 g/mol. The van der Waals surface area contributed by atoms with Crippen molar-refractivity contribution >= 4 is 22.7 Å². The molecule has 1 radical (unpaired) electrons. The van der Waals surface area contributed by atoms with Crippen molar-refractivity contribution in [2.75, 3.05) is 0 Å². The maximum atomic E-state index is 3.30. The fourth-order valence-corrected chi connectivity index (χ4v) is 2.61. The topological polar surface area (TPSA) is 0 Å². The van der Waals surface area contributed by atoms with Crippen LogP contribution >= 0.6 is 22.7 Å². The molecular weight excluding hydrogens is 273 g/mol. The van der Waals surface area contributed by atoms with Gasteiger partial charge in [-0.15, -0.1) is 15.6 Å². The molecule has 0 unspecified atom stereocenters. The van der Waals surface area contributed by atoms with Gasteiger partial charge in [-0.25, -0.2) is 17.2 Å². The van der Waals surface area contributed by atoms with Crippen LogP contribution in [0.2, 0.25) is 0 Å².